The molecule has 2 fully saturated rings. The molecule has 0 N–H and O–H groups in total. The van der Waals surface area contributed by atoms with Gasteiger partial charge in [-0.3, -0.25) is 24.0 Å². The summed E-state index contributed by atoms with van der Waals surface area (Å²) < 4.78 is 4.49. The Hall–Kier alpha value is -1.85. The molecule has 2 aliphatic carbocycles. The van der Waals surface area contributed by atoms with Gasteiger partial charge in [0, 0.05) is 37.5 Å². The molecule has 0 spiro atoms. The highest BCUT2D eigenvalue weighted by atomic mass is 16.5. The molecule has 0 radical (unpaired) electrons. The average molecular weight is 553 g/mol. The first-order valence-electron chi connectivity index (χ1n) is 15.2. The number of carbonyl (C=O) groups is 5. The third-order valence-electron chi connectivity index (χ3n) is 7.91. The Morgan fingerprint density at radius 2 is 1.44 bits per heavy atom. The topological polar surface area (TPSA) is 94.6 Å². The maximum atomic E-state index is 11.6. The van der Waals surface area contributed by atoms with E-state index >= 15 is 0 Å². The van der Waals surface area contributed by atoms with Crippen molar-refractivity contribution >= 4 is 29.1 Å². The zero-order chi connectivity index (χ0) is 30.8. The van der Waals surface area contributed by atoms with Crippen LogP contribution < -0.4 is 0 Å². The van der Waals surface area contributed by atoms with E-state index in [9.17, 15) is 24.0 Å². The molecule has 0 aliphatic heterocycles. The zero-order valence-corrected chi connectivity index (χ0v) is 27.2. The van der Waals surface area contributed by atoms with Crippen LogP contribution in [0.2, 0.25) is 0 Å². The van der Waals surface area contributed by atoms with Crippen LogP contribution in [0.4, 0.5) is 0 Å². The first-order valence-corrected chi connectivity index (χ1v) is 15.2. The molecule has 228 valence electrons. The zero-order valence-electron chi connectivity index (χ0n) is 27.2. The lowest BCUT2D eigenvalue weighted by Gasteiger charge is -2.32. The van der Waals surface area contributed by atoms with E-state index < -0.39 is 5.97 Å². The molecule has 2 unspecified atom stereocenters. The molecule has 0 saturated heterocycles. The highest BCUT2D eigenvalue weighted by Gasteiger charge is 2.61. The summed E-state index contributed by atoms with van der Waals surface area (Å²) in [6, 6.07) is 0. The second-order valence-corrected chi connectivity index (χ2v) is 12.7. The molecule has 6 nitrogen and oxygen atoms in total. The van der Waals surface area contributed by atoms with Crippen LogP contribution in [0.25, 0.3) is 0 Å². The monoisotopic (exact) mass is 552 g/mol. The molecule has 0 aromatic carbocycles. The highest BCUT2D eigenvalue weighted by molar-refractivity contribution is 5.94. The quantitative estimate of drug-likeness (QED) is 0.138. The van der Waals surface area contributed by atoms with E-state index in [1.807, 2.05) is 6.92 Å². The Labute approximate surface area is 239 Å². The van der Waals surface area contributed by atoms with Crippen LogP contribution in [0.1, 0.15) is 147 Å². The number of fused-ring (bicyclic) bond motifs is 2. The molecule has 2 aliphatic rings. The molecule has 2 rings (SSSR count). The minimum absolute atomic E-state index is 0.0255. The first-order chi connectivity index (χ1) is 18.0. The van der Waals surface area contributed by atoms with Crippen molar-refractivity contribution in [2.24, 2.45) is 28.6 Å². The molecule has 0 amide bonds. The molecule has 6 heteroatoms. The van der Waals surface area contributed by atoms with Crippen molar-refractivity contribution in [1.82, 2.24) is 0 Å². The minimum Gasteiger partial charge on any atom is -0.466 e. The van der Waals surface area contributed by atoms with Gasteiger partial charge >= 0.3 is 5.97 Å². The molecule has 0 aromatic heterocycles. The number of hydrogen-bond acceptors (Lipinski definition) is 6. The lowest BCUT2D eigenvalue weighted by Crippen LogP contribution is -2.32. The molecular formula is C33H60O6. The summed E-state index contributed by atoms with van der Waals surface area (Å²) in [5, 5.41) is 0. The highest BCUT2D eigenvalue weighted by Crippen LogP contribution is 2.63. The van der Waals surface area contributed by atoms with E-state index in [0.29, 0.717) is 48.1 Å². The number of hydrogen-bond donors (Lipinski definition) is 0. The van der Waals surface area contributed by atoms with Crippen molar-refractivity contribution in [3.63, 3.8) is 0 Å². The number of rotatable bonds is 12. The summed E-state index contributed by atoms with van der Waals surface area (Å²) in [6.07, 6.45) is 9.65. The lowest BCUT2D eigenvalue weighted by atomic mass is 9.70. The standard InChI is InChI=1S/C10H16O.C9H18O.C8H16O.C6H10O3/c1-9(2)7-4-5-10(9,3)8(11)6-7;1-7(2)5-9(10)6-8(3)4;1-3-5-6-7-8(9)4-2;1-3-9-6(8)4-5(2)7/h7H,4-6H2,1-3H3;7-8H,5-6H2,1-4H3;3-7H2,1-2H3;3-4H2,1-2H3. The molecule has 0 heterocycles. The van der Waals surface area contributed by atoms with E-state index in [4.69, 9.17) is 0 Å². The SMILES string of the molecule is CC(C)CC(=O)CC(C)C.CC12CCC(CC1=O)C2(C)C.CCCCCC(=O)CC.CCOC(=O)CC(C)=O. The number of unbranched alkanes of at least 4 members (excludes halogenated alkanes) is 2. The van der Waals surface area contributed by atoms with Crippen molar-refractivity contribution in [3.8, 4) is 0 Å². The third kappa shape index (κ3) is 16.1. The van der Waals surface area contributed by atoms with Gasteiger partial charge in [-0.25, -0.2) is 0 Å². The van der Waals surface area contributed by atoms with Gasteiger partial charge in [0.05, 0.1) is 6.61 Å². The largest absolute Gasteiger partial charge is 0.466 e. The first kappa shape index (κ1) is 39.3. The van der Waals surface area contributed by atoms with Crippen LogP contribution in [-0.4, -0.2) is 35.7 Å². The van der Waals surface area contributed by atoms with E-state index in [0.717, 1.165) is 38.5 Å². The molecule has 2 atom stereocenters. The normalized spacial score (nSPS) is 20.2. The van der Waals surface area contributed by atoms with Gasteiger partial charge in [0.2, 0.25) is 0 Å². The van der Waals surface area contributed by atoms with Gasteiger partial charge < -0.3 is 4.74 Å². The fraction of sp³-hybridized carbons (Fsp3) is 0.848. The van der Waals surface area contributed by atoms with Crippen molar-refractivity contribution < 1.29 is 28.7 Å². The second kappa shape index (κ2) is 20.1. The van der Waals surface area contributed by atoms with Crippen LogP contribution >= 0.6 is 0 Å². The van der Waals surface area contributed by atoms with E-state index in [1.165, 1.54) is 26.2 Å². The Morgan fingerprint density at radius 1 is 0.897 bits per heavy atom. The molecular weight excluding hydrogens is 492 g/mol. The van der Waals surface area contributed by atoms with Crippen molar-refractivity contribution in [3.05, 3.63) is 0 Å². The Kier molecular flexibility index (Phi) is 20.2. The van der Waals surface area contributed by atoms with Gasteiger partial charge in [-0.15, -0.1) is 0 Å². The fourth-order valence-corrected chi connectivity index (χ4v) is 5.06. The third-order valence-corrected chi connectivity index (χ3v) is 7.91. The van der Waals surface area contributed by atoms with Crippen LogP contribution in [-0.2, 0) is 28.7 Å². The number of carbonyl (C=O) groups excluding carboxylic acids is 5. The van der Waals surface area contributed by atoms with Gasteiger partial charge in [-0.1, -0.05) is 75.2 Å². The van der Waals surface area contributed by atoms with Crippen LogP contribution in [0, 0.1) is 28.6 Å². The minimum atomic E-state index is -0.440. The van der Waals surface area contributed by atoms with E-state index in [-0.39, 0.29) is 23.0 Å². The predicted octanol–water partition coefficient (Wildman–Crippen LogP) is 8.12. The van der Waals surface area contributed by atoms with Crippen molar-refractivity contribution in [2.45, 2.75) is 147 Å². The summed E-state index contributed by atoms with van der Waals surface area (Å²) in [5.74, 6) is 2.45. The predicted molar refractivity (Wildman–Crippen MR) is 160 cm³/mol. The van der Waals surface area contributed by atoms with Gasteiger partial charge in [-0.05, 0) is 56.3 Å². The number of ether oxygens (including phenoxy) is 1. The van der Waals surface area contributed by atoms with Crippen molar-refractivity contribution in [1.29, 1.82) is 0 Å². The summed E-state index contributed by atoms with van der Waals surface area (Å²) in [4.78, 5) is 54.0. The number of esters is 1. The smallest absolute Gasteiger partial charge is 0.313 e. The molecule has 0 aromatic rings. The Morgan fingerprint density at radius 3 is 1.72 bits per heavy atom. The number of Topliss-reactive ketones (excluding diaryl/α,β-unsaturated/α-hetero) is 4. The summed E-state index contributed by atoms with van der Waals surface area (Å²) >= 11 is 0. The van der Waals surface area contributed by atoms with Gasteiger partial charge in [0.1, 0.15) is 29.6 Å². The molecule has 39 heavy (non-hydrogen) atoms. The van der Waals surface area contributed by atoms with E-state index in [1.54, 1.807) is 6.92 Å². The van der Waals surface area contributed by atoms with Gasteiger partial charge in [0.15, 0.2) is 0 Å². The van der Waals surface area contributed by atoms with Gasteiger partial charge in [0.25, 0.3) is 0 Å². The fourth-order valence-electron chi connectivity index (χ4n) is 5.06. The number of ketones is 4. The van der Waals surface area contributed by atoms with Crippen LogP contribution in [0.3, 0.4) is 0 Å². The summed E-state index contributed by atoms with van der Waals surface area (Å²) in [5.41, 5.74) is 0.307. The molecule has 2 saturated carbocycles. The van der Waals surface area contributed by atoms with Gasteiger partial charge in [-0.2, -0.15) is 0 Å². The van der Waals surface area contributed by atoms with Crippen LogP contribution in [0.15, 0.2) is 0 Å². The van der Waals surface area contributed by atoms with Crippen molar-refractivity contribution in [2.75, 3.05) is 6.61 Å². The maximum Gasteiger partial charge on any atom is 0.313 e. The molecule has 2 bridgehead atoms. The lowest BCUT2D eigenvalue weighted by molar-refractivity contribution is -0.145. The summed E-state index contributed by atoms with van der Waals surface area (Å²) in [6.45, 7) is 22.5. The Bertz CT molecular complexity index is 752. The van der Waals surface area contributed by atoms with Crippen LogP contribution in [0.5, 0.6) is 0 Å². The average Bonchev–Trinajstić information content (AvgIpc) is 3.12. The maximum absolute atomic E-state index is 11.6. The second-order valence-electron chi connectivity index (χ2n) is 12.7. The Balaban J connectivity index is 0. The van der Waals surface area contributed by atoms with E-state index in [2.05, 4.69) is 60.1 Å². The summed E-state index contributed by atoms with van der Waals surface area (Å²) in [7, 11) is 0.